The number of ether oxygens (including phenoxy) is 2. The Kier molecular flexibility index (Phi) is 10.1. The summed E-state index contributed by atoms with van der Waals surface area (Å²) in [5, 5.41) is 8.97. The summed E-state index contributed by atoms with van der Waals surface area (Å²) in [6.07, 6.45) is 0.743. The van der Waals surface area contributed by atoms with Gasteiger partial charge in [0.1, 0.15) is 18.8 Å². The molecule has 0 bridgehead atoms. The van der Waals surface area contributed by atoms with E-state index in [0.717, 1.165) is 40.3 Å². The lowest BCUT2D eigenvalue weighted by Gasteiger charge is -2.18. The quantitative estimate of drug-likeness (QED) is 0.435. The molecule has 4 aliphatic heterocycles. The number of amides is 4. The maximum absolute atomic E-state index is 11.9. The Hall–Kier alpha value is -3.91. The minimum Gasteiger partial charge on any atom is -0.443 e. The summed E-state index contributed by atoms with van der Waals surface area (Å²) in [5.41, 5.74) is 16.4. The van der Waals surface area contributed by atoms with Crippen LogP contribution in [0.4, 0.5) is 32.3 Å². The minimum atomic E-state index is -0.502. The molecule has 2 saturated heterocycles. The topological polar surface area (TPSA) is 172 Å². The fraction of sp³-hybridized carbons (Fsp3) is 0.448. The Morgan fingerprint density at radius 2 is 1.26 bits per heavy atom. The van der Waals surface area contributed by atoms with Crippen molar-refractivity contribution < 1.29 is 33.8 Å². The summed E-state index contributed by atoms with van der Waals surface area (Å²) < 4.78 is 10.3. The predicted molar refractivity (Wildman–Crippen MR) is 163 cm³/mol. The van der Waals surface area contributed by atoms with E-state index in [9.17, 15) is 19.2 Å². The van der Waals surface area contributed by atoms with E-state index >= 15 is 0 Å². The Balaban J connectivity index is 0.000000192. The predicted octanol–water partition coefficient (Wildman–Crippen LogP) is 1.54. The summed E-state index contributed by atoms with van der Waals surface area (Å²) in [6.45, 7) is 4.16. The van der Waals surface area contributed by atoms with Crippen LogP contribution in [0.5, 0.6) is 0 Å². The van der Waals surface area contributed by atoms with E-state index in [1.807, 2.05) is 36.1 Å². The molecule has 232 valence electrons. The van der Waals surface area contributed by atoms with E-state index in [1.165, 1.54) is 0 Å². The summed E-state index contributed by atoms with van der Waals surface area (Å²) in [7, 11) is 0. The largest absolute Gasteiger partial charge is 0.443 e. The number of hydrogen-bond acceptors (Lipinski definition) is 9. The van der Waals surface area contributed by atoms with Crippen molar-refractivity contribution in [3.63, 3.8) is 0 Å². The van der Waals surface area contributed by atoms with Gasteiger partial charge < -0.3 is 35.8 Å². The lowest BCUT2D eigenvalue weighted by atomic mass is 10.1. The number of anilines is 4. The summed E-state index contributed by atoms with van der Waals surface area (Å²) >= 11 is 0. The number of nitrogens with zero attached hydrogens (tertiary/aromatic N) is 4. The first-order chi connectivity index (χ1) is 20.3. The zero-order valence-electron chi connectivity index (χ0n) is 23.9. The van der Waals surface area contributed by atoms with Crippen LogP contribution in [0.1, 0.15) is 24.5 Å². The van der Waals surface area contributed by atoms with Crippen LogP contribution >= 0.6 is 12.4 Å². The van der Waals surface area contributed by atoms with E-state index in [4.69, 9.17) is 26.0 Å². The zero-order chi connectivity index (χ0) is 30.0. The first-order valence-corrected chi connectivity index (χ1v) is 14.1. The summed E-state index contributed by atoms with van der Waals surface area (Å²) in [4.78, 5) is 53.7. The van der Waals surface area contributed by atoms with Gasteiger partial charge in [-0.2, -0.15) is 0 Å². The Morgan fingerprint density at radius 3 is 1.63 bits per heavy atom. The molecule has 2 fully saturated rings. The molecule has 0 aliphatic carbocycles. The lowest BCUT2D eigenvalue weighted by Crippen LogP contribution is -2.31. The second-order valence-corrected chi connectivity index (χ2v) is 10.4. The highest BCUT2D eigenvalue weighted by Gasteiger charge is 2.34. The number of benzene rings is 2. The van der Waals surface area contributed by atoms with Gasteiger partial charge in [0.25, 0.3) is 5.91 Å². The molecule has 14 heteroatoms. The van der Waals surface area contributed by atoms with Gasteiger partial charge in [-0.05, 0) is 60.4 Å². The number of aliphatic hydroxyl groups excluding tert-OH is 1. The van der Waals surface area contributed by atoms with Crippen LogP contribution in [-0.2, 0) is 31.9 Å². The van der Waals surface area contributed by atoms with Crippen molar-refractivity contribution in [1.82, 2.24) is 0 Å². The molecule has 43 heavy (non-hydrogen) atoms. The van der Waals surface area contributed by atoms with Gasteiger partial charge in [0.15, 0.2) is 0 Å². The third-order valence-corrected chi connectivity index (χ3v) is 7.85. The molecule has 0 spiro atoms. The molecular formula is C29H37ClN6O7. The summed E-state index contributed by atoms with van der Waals surface area (Å²) in [5.74, 6) is -0.185. The molecule has 13 nitrogen and oxygen atoms in total. The number of cyclic esters (lactones) is 2. The number of fused-ring (bicyclic) bond motifs is 2. The molecule has 0 unspecified atom stereocenters. The lowest BCUT2D eigenvalue weighted by molar-refractivity contribution is -0.121. The second kappa shape index (κ2) is 13.6. The van der Waals surface area contributed by atoms with Crippen LogP contribution in [0.25, 0.3) is 0 Å². The average molecular weight is 617 g/mol. The number of halogens is 1. The maximum atomic E-state index is 11.9. The molecule has 2 aromatic carbocycles. The van der Waals surface area contributed by atoms with E-state index < -0.39 is 12.7 Å². The van der Waals surface area contributed by atoms with E-state index in [0.29, 0.717) is 52.1 Å². The third kappa shape index (κ3) is 6.39. The first kappa shape index (κ1) is 32.0. The van der Waals surface area contributed by atoms with Crippen LogP contribution in [0.15, 0.2) is 36.4 Å². The summed E-state index contributed by atoms with van der Waals surface area (Å²) in [6, 6.07) is 11.2. The van der Waals surface area contributed by atoms with Gasteiger partial charge >= 0.3 is 12.2 Å². The first-order valence-electron chi connectivity index (χ1n) is 14.1. The van der Waals surface area contributed by atoms with Gasteiger partial charge in [0, 0.05) is 55.3 Å². The Labute approximate surface area is 255 Å². The minimum absolute atomic E-state index is 0. The van der Waals surface area contributed by atoms with Gasteiger partial charge in [-0.25, -0.2) is 9.59 Å². The number of hydrogen-bond donors (Lipinski definition) is 3. The molecule has 4 heterocycles. The van der Waals surface area contributed by atoms with Gasteiger partial charge in [-0.1, -0.05) is 6.92 Å². The van der Waals surface area contributed by atoms with Crippen molar-refractivity contribution in [3.05, 3.63) is 47.5 Å². The Morgan fingerprint density at radius 1 is 0.814 bits per heavy atom. The molecular weight excluding hydrogens is 580 g/mol. The van der Waals surface area contributed by atoms with Gasteiger partial charge in [-0.3, -0.25) is 19.4 Å². The number of carbonyl (C=O) groups is 4. The van der Waals surface area contributed by atoms with E-state index in [-0.39, 0.29) is 42.5 Å². The van der Waals surface area contributed by atoms with Crippen LogP contribution < -0.4 is 31.1 Å². The van der Waals surface area contributed by atoms with Crippen LogP contribution in [-0.4, -0.2) is 87.2 Å². The number of aliphatic hydroxyl groups is 1. The molecule has 0 saturated carbocycles. The smallest absolute Gasteiger partial charge is 0.414 e. The molecule has 4 amide bonds. The SMILES string of the molecule is CCC(=O)N1CCc2cc(N3C[C@H](CN)OC3=O)ccc21.Cl.NC[C@H]1CN(c2ccc3c(c2)CCN3C(=O)CO)C(=O)O1. The Bertz CT molecular complexity index is 1290. The number of nitrogens with two attached hydrogens (primary N) is 2. The second-order valence-electron chi connectivity index (χ2n) is 10.4. The number of carbonyl (C=O) groups excluding carboxylic acids is 4. The molecule has 0 radical (unpaired) electrons. The third-order valence-electron chi connectivity index (χ3n) is 7.85. The molecule has 2 aromatic rings. The molecule has 4 aliphatic rings. The van der Waals surface area contributed by atoms with Gasteiger partial charge in [0.05, 0.1) is 13.1 Å². The van der Waals surface area contributed by atoms with Crippen molar-refractivity contribution in [2.45, 2.75) is 38.4 Å². The van der Waals surface area contributed by atoms with E-state index in [2.05, 4.69) is 0 Å². The van der Waals surface area contributed by atoms with Crippen LogP contribution in [0.2, 0.25) is 0 Å². The average Bonchev–Trinajstić information content (AvgIpc) is 3.80. The van der Waals surface area contributed by atoms with Gasteiger partial charge in [-0.15, -0.1) is 12.4 Å². The fourth-order valence-corrected chi connectivity index (χ4v) is 5.62. The van der Waals surface area contributed by atoms with Gasteiger partial charge in [0.2, 0.25) is 5.91 Å². The highest BCUT2D eigenvalue weighted by molar-refractivity contribution is 5.98. The molecule has 0 aromatic heterocycles. The normalized spacial score (nSPS) is 20.2. The van der Waals surface area contributed by atoms with Crippen molar-refractivity contribution in [2.24, 2.45) is 11.5 Å². The molecule has 6 rings (SSSR count). The van der Waals surface area contributed by atoms with Crippen molar-refractivity contribution >= 4 is 59.2 Å². The molecule has 5 N–H and O–H groups in total. The maximum Gasteiger partial charge on any atom is 0.414 e. The number of rotatable bonds is 6. The van der Waals surface area contributed by atoms with Crippen molar-refractivity contribution in [2.75, 3.05) is 65.5 Å². The molecule has 2 atom stereocenters. The van der Waals surface area contributed by atoms with Crippen LogP contribution in [0.3, 0.4) is 0 Å². The van der Waals surface area contributed by atoms with Crippen molar-refractivity contribution in [1.29, 1.82) is 0 Å². The van der Waals surface area contributed by atoms with Crippen molar-refractivity contribution in [3.8, 4) is 0 Å². The zero-order valence-corrected chi connectivity index (χ0v) is 24.8. The fourth-order valence-electron chi connectivity index (χ4n) is 5.62. The van der Waals surface area contributed by atoms with Crippen LogP contribution in [0, 0.1) is 0 Å². The van der Waals surface area contributed by atoms with E-state index in [1.54, 1.807) is 26.8 Å². The highest BCUT2D eigenvalue weighted by atomic mass is 35.5. The monoisotopic (exact) mass is 616 g/mol. The highest BCUT2D eigenvalue weighted by Crippen LogP contribution is 2.34. The standard InChI is InChI=1S/C15H19N3O3.C14H17N3O4.ClH/c1-2-14(19)17-6-5-10-7-11(3-4-13(10)17)18-9-12(8-16)21-15(18)20;15-6-11-7-17(14(20)21-11)10-1-2-12-9(5-10)3-4-16(12)13(19)8-18;/h3-4,7,12H,2,5-6,8-9,16H2,1H3;1-2,5,11,18H,3-4,6-8,15H2;1H/t12-;11-;/m00./s1.